The van der Waals surface area contributed by atoms with Gasteiger partial charge in [0, 0.05) is 30.6 Å². The van der Waals surface area contributed by atoms with Gasteiger partial charge in [0.25, 0.3) is 0 Å². The second-order valence-electron chi connectivity index (χ2n) is 7.67. The fourth-order valence-electron chi connectivity index (χ4n) is 3.78. The number of ether oxygens (including phenoxy) is 2. The largest absolute Gasteiger partial charge is 0.497 e. The molecule has 2 heterocycles. The Morgan fingerprint density at radius 1 is 1.16 bits per heavy atom. The first-order valence-corrected chi connectivity index (χ1v) is 10.7. The van der Waals surface area contributed by atoms with Crippen LogP contribution in [0.4, 0.5) is 4.79 Å². The Labute approximate surface area is 187 Å². The van der Waals surface area contributed by atoms with E-state index >= 15 is 0 Å². The number of benzene rings is 2. The number of aromatic nitrogens is 1. The summed E-state index contributed by atoms with van der Waals surface area (Å²) in [6.45, 7) is 5.13. The van der Waals surface area contributed by atoms with Crippen molar-refractivity contribution in [2.24, 2.45) is 0 Å². The average Bonchev–Trinajstić information content (AvgIpc) is 2.80. The Morgan fingerprint density at radius 2 is 1.90 bits per heavy atom. The van der Waals surface area contributed by atoms with Crippen LogP contribution < -0.4 is 4.74 Å². The molecule has 162 valence electrons. The van der Waals surface area contributed by atoms with E-state index in [1.54, 1.807) is 7.11 Å². The number of amides is 2. The topological polar surface area (TPSA) is 54.9 Å². The van der Waals surface area contributed by atoms with Crippen molar-refractivity contribution in [2.75, 3.05) is 33.4 Å². The molecule has 6 nitrogen and oxygen atoms in total. The van der Waals surface area contributed by atoms with Crippen molar-refractivity contribution in [3.05, 3.63) is 70.4 Å². The number of para-hydroxylation sites is 1. The first kappa shape index (κ1) is 21.4. The van der Waals surface area contributed by atoms with E-state index < -0.39 is 0 Å². The molecule has 0 bridgehead atoms. The lowest BCUT2D eigenvalue weighted by atomic mass is 10.1. The summed E-state index contributed by atoms with van der Waals surface area (Å²) < 4.78 is 10.7. The maximum atomic E-state index is 13.4. The molecular formula is C24H26ClN3O3. The van der Waals surface area contributed by atoms with Gasteiger partial charge in [0.1, 0.15) is 10.9 Å². The highest BCUT2D eigenvalue weighted by atomic mass is 35.5. The fourth-order valence-corrected chi connectivity index (χ4v) is 3.98. The number of pyridine rings is 1. The molecule has 31 heavy (non-hydrogen) atoms. The third-order valence-corrected chi connectivity index (χ3v) is 5.85. The molecule has 4 rings (SSSR count). The van der Waals surface area contributed by atoms with Gasteiger partial charge in [-0.25, -0.2) is 9.78 Å². The van der Waals surface area contributed by atoms with Crippen molar-refractivity contribution in [1.29, 1.82) is 0 Å². The lowest BCUT2D eigenvalue weighted by Crippen LogP contribution is -2.47. The third-order valence-electron chi connectivity index (χ3n) is 5.52. The van der Waals surface area contributed by atoms with Crippen molar-refractivity contribution in [1.82, 2.24) is 14.8 Å². The van der Waals surface area contributed by atoms with Gasteiger partial charge in [-0.15, -0.1) is 0 Å². The van der Waals surface area contributed by atoms with Crippen LogP contribution in [0.25, 0.3) is 10.9 Å². The van der Waals surface area contributed by atoms with E-state index in [1.165, 1.54) is 0 Å². The van der Waals surface area contributed by atoms with Gasteiger partial charge in [-0.2, -0.15) is 0 Å². The maximum Gasteiger partial charge on any atom is 0.320 e. The second kappa shape index (κ2) is 9.54. The highest BCUT2D eigenvalue weighted by molar-refractivity contribution is 6.30. The number of hydrogen-bond acceptors (Lipinski definition) is 4. The van der Waals surface area contributed by atoms with Gasteiger partial charge in [0.05, 0.1) is 32.4 Å². The molecule has 2 amide bonds. The molecule has 0 aliphatic carbocycles. The Bertz CT molecular complexity index is 1070. The van der Waals surface area contributed by atoms with E-state index in [4.69, 9.17) is 21.1 Å². The minimum atomic E-state index is -0.0282. The summed E-state index contributed by atoms with van der Waals surface area (Å²) in [5.41, 5.74) is 3.81. The molecule has 7 heteroatoms. The van der Waals surface area contributed by atoms with Crippen LogP contribution in [0.5, 0.6) is 5.75 Å². The number of fused-ring (bicyclic) bond motifs is 1. The number of aryl methyl sites for hydroxylation is 1. The van der Waals surface area contributed by atoms with Crippen LogP contribution in [-0.2, 0) is 17.8 Å². The SMILES string of the molecule is COc1ccc(CN(Cc2cc3cccc(C)c3nc2Cl)C(=O)N2CCOCC2)cc1. The van der Waals surface area contributed by atoms with Crippen LogP contribution in [0.1, 0.15) is 16.7 Å². The first-order valence-electron chi connectivity index (χ1n) is 10.3. The molecule has 0 unspecified atom stereocenters. The lowest BCUT2D eigenvalue weighted by Gasteiger charge is -2.33. The van der Waals surface area contributed by atoms with Gasteiger partial charge in [0.15, 0.2) is 0 Å². The van der Waals surface area contributed by atoms with E-state index in [0.29, 0.717) is 44.5 Å². The zero-order valence-electron chi connectivity index (χ0n) is 17.8. The van der Waals surface area contributed by atoms with Gasteiger partial charge < -0.3 is 19.3 Å². The number of urea groups is 1. The third kappa shape index (κ3) is 4.92. The predicted molar refractivity (Wildman–Crippen MR) is 122 cm³/mol. The Balaban J connectivity index is 1.63. The highest BCUT2D eigenvalue weighted by Gasteiger charge is 2.24. The van der Waals surface area contributed by atoms with Crippen molar-refractivity contribution in [3.63, 3.8) is 0 Å². The number of carbonyl (C=O) groups is 1. The summed E-state index contributed by atoms with van der Waals surface area (Å²) in [5, 5.41) is 1.44. The molecule has 1 aliphatic heterocycles. The number of halogens is 1. The smallest absolute Gasteiger partial charge is 0.320 e. The summed E-state index contributed by atoms with van der Waals surface area (Å²) >= 11 is 6.55. The van der Waals surface area contributed by atoms with Crippen LogP contribution in [0, 0.1) is 6.92 Å². The average molecular weight is 440 g/mol. The molecule has 1 fully saturated rings. The zero-order chi connectivity index (χ0) is 21.8. The fraction of sp³-hybridized carbons (Fsp3) is 0.333. The monoisotopic (exact) mass is 439 g/mol. The van der Waals surface area contributed by atoms with Crippen LogP contribution in [0.2, 0.25) is 5.15 Å². The molecule has 3 aromatic rings. The molecule has 0 N–H and O–H groups in total. The number of nitrogens with zero attached hydrogens (tertiary/aromatic N) is 3. The highest BCUT2D eigenvalue weighted by Crippen LogP contribution is 2.25. The molecule has 2 aromatic carbocycles. The number of carbonyl (C=O) groups excluding carboxylic acids is 1. The zero-order valence-corrected chi connectivity index (χ0v) is 18.6. The predicted octanol–water partition coefficient (Wildman–Crippen LogP) is 4.66. The van der Waals surface area contributed by atoms with Crippen LogP contribution in [0.3, 0.4) is 0 Å². The lowest BCUT2D eigenvalue weighted by molar-refractivity contribution is 0.0418. The molecule has 1 saturated heterocycles. The minimum Gasteiger partial charge on any atom is -0.497 e. The van der Waals surface area contributed by atoms with Gasteiger partial charge in [-0.05, 0) is 36.2 Å². The second-order valence-corrected chi connectivity index (χ2v) is 8.03. The molecule has 0 radical (unpaired) electrons. The van der Waals surface area contributed by atoms with E-state index in [2.05, 4.69) is 4.98 Å². The molecular weight excluding hydrogens is 414 g/mol. The van der Waals surface area contributed by atoms with Crippen LogP contribution >= 0.6 is 11.6 Å². The maximum absolute atomic E-state index is 13.4. The van der Waals surface area contributed by atoms with Crippen molar-refractivity contribution < 1.29 is 14.3 Å². The van der Waals surface area contributed by atoms with Crippen molar-refractivity contribution >= 4 is 28.5 Å². The summed E-state index contributed by atoms with van der Waals surface area (Å²) in [4.78, 5) is 21.6. The van der Waals surface area contributed by atoms with Crippen LogP contribution in [0.15, 0.2) is 48.5 Å². The summed E-state index contributed by atoms with van der Waals surface area (Å²) in [6.07, 6.45) is 0. The molecule has 0 saturated carbocycles. The summed E-state index contributed by atoms with van der Waals surface area (Å²) in [7, 11) is 1.64. The Morgan fingerprint density at radius 3 is 2.61 bits per heavy atom. The van der Waals surface area contributed by atoms with E-state index in [-0.39, 0.29) is 6.03 Å². The quantitative estimate of drug-likeness (QED) is 0.542. The molecule has 0 atom stereocenters. The first-order chi connectivity index (χ1) is 15.0. The normalized spacial score (nSPS) is 14.0. The van der Waals surface area contributed by atoms with Crippen molar-refractivity contribution in [3.8, 4) is 5.75 Å². The van der Waals surface area contributed by atoms with E-state index in [9.17, 15) is 4.79 Å². The molecule has 1 aliphatic rings. The Kier molecular flexibility index (Phi) is 6.59. The minimum absolute atomic E-state index is 0.0282. The van der Waals surface area contributed by atoms with Gasteiger partial charge >= 0.3 is 6.03 Å². The number of methoxy groups -OCH3 is 1. The standard InChI is InChI=1S/C24H26ClN3O3/c1-17-4-3-5-19-14-20(23(25)26-22(17)19)16-28(24(29)27-10-12-31-13-11-27)15-18-6-8-21(30-2)9-7-18/h3-9,14H,10-13,15-16H2,1-2H3. The number of rotatable bonds is 5. The molecule has 0 spiro atoms. The van der Waals surface area contributed by atoms with Gasteiger partial charge in [-0.1, -0.05) is 41.9 Å². The Hall–Kier alpha value is -2.83. The van der Waals surface area contributed by atoms with E-state index in [1.807, 2.05) is 65.3 Å². The van der Waals surface area contributed by atoms with Crippen molar-refractivity contribution in [2.45, 2.75) is 20.0 Å². The number of morpholine rings is 1. The summed E-state index contributed by atoms with van der Waals surface area (Å²) in [5.74, 6) is 0.784. The molecule has 1 aromatic heterocycles. The van der Waals surface area contributed by atoms with Gasteiger partial charge in [-0.3, -0.25) is 0 Å². The number of hydrogen-bond donors (Lipinski definition) is 0. The van der Waals surface area contributed by atoms with Gasteiger partial charge in [0.2, 0.25) is 0 Å². The summed E-state index contributed by atoms with van der Waals surface area (Å²) in [6, 6.07) is 15.8. The van der Waals surface area contributed by atoms with E-state index in [0.717, 1.165) is 33.3 Å². The van der Waals surface area contributed by atoms with Crippen LogP contribution in [-0.4, -0.2) is 54.2 Å².